The third kappa shape index (κ3) is 5.54. The van der Waals surface area contributed by atoms with Crippen molar-refractivity contribution in [2.75, 3.05) is 6.61 Å². The summed E-state index contributed by atoms with van der Waals surface area (Å²) < 4.78 is 5.17. The van der Waals surface area contributed by atoms with Gasteiger partial charge in [-0.05, 0) is 26.7 Å². The Balaban J connectivity index is 2.97. The second-order valence-corrected chi connectivity index (χ2v) is 6.43. The lowest BCUT2D eigenvalue weighted by Gasteiger charge is -2.29. The molecule has 4 nitrogen and oxygen atoms in total. The van der Waals surface area contributed by atoms with Gasteiger partial charge in [0.05, 0.1) is 6.61 Å². The summed E-state index contributed by atoms with van der Waals surface area (Å²) in [4.78, 5) is 36.9. The summed E-state index contributed by atoms with van der Waals surface area (Å²) in [7, 11) is 0. The third-order valence-electron chi connectivity index (χ3n) is 4.51. The zero-order chi connectivity index (χ0) is 16.4. The van der Waals surface area contributed by atoms with E-state index in [1.807, 2.05) is 0 Å². The molecule has 0 saturated heterocycles. The lowest BCUT2D eigenvalue weighted by Crippen LogP contribution is -2.42. The Morgan fingerprint density at radius 3 is 2.09 bits per heavy atom. The van der Waals surface area contributed by atoms with Crippen LogP contribution in [0.25, 0.3) is 0 Å². The lowest BCUT2D eigenvalue weighted by atomic mass is 9.73. The quantitative estimate of drug-likeness (QED) is 0.581. The molecule has 0 bridgehead atoms. The summed E-state index contributed by atoms with van der Waals surface area (Å²) in [6, 6.07) is 0. The predicted octanol–water partition coefficient (Wildman–Crippen LogP) is 4.00. The molecule has 0 aromatic rings. The van der Waals surface area contributed by atoms with Crippen molar-refractivity contribution in [3.63, 3.8) is 0 Å². The topological polar surface area (TPSA) is 60.4 Å². The van der Waals surface area contributed by atoms with Gasteiger partial charge in [0.25, 0.3) is 0 Å². The predicted molar refractivity (Wildman–Crippen MR) is 85.5 cm³/mol. The van der Waals surface area contributed by atoms with Crippen LogP contribution in [0.4, 0.5) is 0 Å². The summed E-state index contributed by atoms with van der Waals surface area (Å²) in [6.45, 7) is 3.43. The van der Waals surface area contributed by atoms with Gasteiger partial charge in [0.2, 0.25) is 0 Å². The van der Waals surface area contributed by atoms with Gasteiger partial charge in [0.1, 0.15) is 11.2 Å². The fourth-order valence-corrected chi connectivity index (χ4v) is 3.32. The molecular formula is C18H30O4. The number of carbonyl (C=O) groups excluding carboxylic acids is 3. The molecule has 0 amide bonds. The van der Waals surface area contributed by atoms with E-state index in [1.54, 1.807) is 6.92 Å². The molecule has 1 aliphatic carbocycles. The highest BCUT2D eigenvalue weighted by Crippen LogP contribution is 2.35. The van der Waals surface area contributed by atoms with E-state index in [1.165, 1.54) is 19.8 Å². The van der Waals surface area contributed by atoms with E-state index < -0.39 is 11.4 Å². The van der Waals surface area contributed by atoms with Crippen LogP contribution in [0.1, 0.15) is 84.5 Å². The molecule has 22 heavy (non-hydrogen) atoms. The maximum Gasteiger partial charge on any atom is 0.320 e. The Morgan fingerprint density at radius 2 is 1.55 bits per heavy atom. The molecule has 126 valence electrons. The summed E-state index contributed by atoms with van der Waals surface area (Å²) in [6.07, 6.45) is 9.17. The van der Waals surface area contributed by atoms with E-state index in [-0.39, 0.29) is 24.6 Å². The van der Waals surface area contributed by atoms with E-state index in [4.69, 9.17) is 4.74 Å². The van der Waals surface area contributed by atoms with Crippen LogP contribution in [0.2, 0.25) is 0 Å². The van der Waals surface area contributed by atoms with Crippen LogP contribution in [-0.2, 0) is 19.1 Å². The van der Waals surface area contributed by atoms with Crippen molar-refractivity contribution in [1.82, 2.24) is 0 Å². The molecule has 0 radical (unpaired) electrons. The maximum absolute atomic E-state index is 12.8. The first kappa shape index (κ1) is 18.9. The fraction of sp³-hybridized carbons (Fsp3) is 0.833. The third-order valence-corrected chi connectivity index (χ3v) is 4.51. The van der Waals surface area contributed by atoms with Crippen LogP contribution in [0.15, 0.2) is 0 Å². The van der Waals surface area contributed by atoms with Crippen molar-refractivity contribution >= 4 is 17.5 Å². The van der Waals surface area contributed by atoms with Gasteiger partial charge in [-0.1, -0.05) is 44.9 Å². The lowest BCUT2D eigenvalue weighted by molar-refractivity contribution is -0.163. The van der Waals surface area contributed by atoms with Crippen LogP contribution in [0.3, 0.4) is 0 Å². The van der Waals surface area contributed by atoms with Gasteiger partial charge in [-0.2, -0.15) is 0 Å². The minimum absolute atomic E-state index is 0.00926. The van der Waals surface area contributed by atoms with Crippen molar-refractivity contribution in [3.8, 4) is 0 Å². The Morgan fingerprint density at radius 1 is 1.00 bits per heavy atom. The highest BCUT2D eigenvalue weighted by atomic mass is 16.5. The first-order chi connectivity index (χ1) is 10.5. The number of hydrogen-bond acceptors (Lipinski definition) is 4. The normalized spacial score (nSPS) is 24.9. The Kier molecular flexibility index (Phi) is 8.36. The molecule has 0 aromatic heterocycles. The first-order valence-corrected chi connectivity index (χ1v) is 8.73. The molecular weight excluding hydrogens is 280 g/mol. The molecule has 0 heterocycles. The van der Waals surface area contributed by atoms with Crippen LogP contribution in [0.5, 0.6) is 0 Å². The molecule has 1 saturated carbocycles. The summed E-state index contributed by atoms with van der Waals surface area (Å²) in [5.41, 5.74) is -1.24. The zero-order valence-electron chi connectivity index (χ0n) is 14.1. The second kappa shape index (κ2) is 9.75. The van der Waals surface area contributed by atoms with Crippen LogP contribution in [0, 0.1) is 5.41 Å². The van der Waals surface area contributed by atoms with Crippen LogP contribution in [-0.4, -0.2) is 24.1 Å². The number of ketones is 2. The van der Waals surface area contributed by atoms with Gasteiger partial charge in [-0.25, -0.2) is 0 Å². The molecule has 0 N–H and O–H groups in total. The van der Waals surface area contributed by atoms with Gasteiger partial charge < -0.3 is 4.74 Å². The van der Waals surface area contributed by atoms with E-state index in [0.717, 1.165) is 38.5 Å². The van der Waals surface area contributed by atoms with E-state index in [2.05, 4.69) is 0 Å². The molecule has 1 unspecified atom stereocenters. The highest BCUT2D eigenvalue weighted by molar-refractivity contribution is 6.06. The van der Waals surface area contributed by atoms with Gasteiger partial charge in [-0.3, -0.25) is 14.4 Å². The van der Waals surface area contributed by atoms with Gasteiger partial charge in [0, 0.05) is 12.8 Å². The molecule has 1 rings (SSSR count). The fourth-order valence-electron chi connectivity index (χ4n) is 3.32. The summed E-state index contributed by atoms with van der Waals surface area (Å²) >= 11 is 0. The van der Waals surface area contributed by atoms with Gasteiger partial charge in [0.15, 0.2) is 5.78 Å². The van der Waals surface area contributed by atoms with Crippen molar-refractivity contribution < 1.29 is 19.1 Å². The molecule has 1 atom stereocenters. The van der Waals surface area contributed by atoms with Crippen molar-refractivity contribution in [3.05, 3.63) is 0 Å². The van der Waals surface area contributed by atoms with E-state index >= 15 is 0 Å². The second-order valence-electron chi connectivity index (χ2n) is 6.43. The summed E-state index contributed by atoms with van der Waals surface area (Å²) in [5, 5.41) is 0. The Bertz CT molecular complexity index is 389. The largest absolute Gasteiger partial charge is 0.465 e. The van der Waals surface area contributed by atoms with E-state index in [0.29, 0.717) is 12.8 Å². The summed E-state index contributed by atoms with van der Waals surface area (Å²) in [5.74, 6) is -0.706. The number of hydrogen-bond donors (Lipinski definition) is 0. The SMILES string of the molecule is CCOC(=O)C1(CC(C)=O)CCCCCCCCCCC1=O. The number of Topliss-reactive ketones (excluding diaryl/α,β-unsaturated/α-hetero) is 2. The standard InChI is InChI=1S/C18H30O4/c1-3-22-17(21)18(14-15(2)19)13-11-9-7-5-4-6-8-10-12-16(18)20/h3-14H2,1-2H3. The molecule has 0 aromatic carbocycles. The Hall–Kier alpha value is -1.19. The van der Waals surface area contributed by atoms with Crippen LogP contribution < -0.4 is 0 Å². The van der Waals surface area contributed by atoms with Crippen molar-refractivity contribution in [2.45, 2.75) is 84.5 Å². The van der Waals surface area contributed by atoms with Gasteiger partial charge in [-0.15, -0.1) is 0 Å². The average molecular weight is 310 g/mol. The minimum atomic E-state index is -1.24. The van der Waals surface area contributed by atoms with E-state index in [9.17, 15) is 14.4 Å². The minimum Gasteiger partial charge on any atom is -0.465 e. The average Bonchev–Trinajstić information content (AvgIpc) is 2.46. The number of carbonyl (C=O) groups is 3. The highest BCUT2D eigenvalue weighted by Gasteiger charge is 2.46. The number of esters is 1. The molecule has 0 aliphatic heterocycles. The maximum atomic E-state index is 12.8. The first-order valence-electron chi connectivity index (χ1n) is 8.73. The van der Waals surface area contributed by atoms with Crippen molar-refractivity contribution in [1.29, 1.82) is 0 Å². The molecule has 1 fully saturated rings. The van der Waals surface area contributed by atoms with Gasteiger partial charge >= 0.3 is 5.97 Å². The molecule has 0 spiro atoms. The smallest absolute Gasteiger partial charge is 0.320 e. The monoisotopic (exact) mass is 310 g/mol. The van der Waals surface area contributed by atoms with Crippen molar-refractivity contribution in [2.24, 2.45) is 5.41 Å². The zero-order valence-corrected chi connectivity index (χ0v) is 14.1. The number of ether oxygens (including phenoxy) is 1. The Labute approximate surface area is 134 Å². The van der Waals surface area contributed by atoms with Crippen LogP contribution >= 0.6 is 0 Å². The molecule has 1 aliphatic rings. The molecule has 4 heteroatoms. The number of rotatable bonds is 4.